The van der Waals surface area contributed by atoms with Gasteiger partial charge in [0, 0.05) is 13.1 Å². The molecule has 0 aromatic carbocycles. The summed E-state index contributed by atoms with van der Waals surface area (Å²) < 4.78 is 0. The number of unbranched alkanes of at least 4 members (excludes halogenated alkanes) is 2. The molecule has 0 aromatic rings. The van der Waals surface area contributed by atoms with Gasteiger partial charge in [-0.25, -0.2) is 0 Å². The summed E-state index contributed by atoms with van der Waals surface area (Å²) in [5.41, 5.74) is 1.50. The summed E-state index contributed by atoms with van der Waals surface area (Å²) in [4.78, 5) is 2.49. The average molecular weight is 197 g/mol. The highest BCUT2D eigenvalue weighted by atomic mass is 15.1. The molecular weight excluding hydrogens is 170 g/mol. The Morgan fingerprint density at radius 2 is 1.50 bits per heavy atom. The van der Waals surface area contributed by atoms with Gasteiger partial charge in [-0.15, -0.1) is 0 Å². The minimum atomic E-state index is 1.18. The van der Waals surface area contributed by atoms with Crippen LogP contribution in [0.5, 0.6) is 0 Å². The molecule has 0 bridgehead atoms. The summed E-state index contributed by atoms with van der Waals surface area (Å²) in [5, 5.41) is 0. The molecule has 0 heterocycles. The molecule has 0 amide bonds. The molecule has 0 unspecified atom stereocenters. The van der Waals surface area contributed by atoms with Crippen molar-refractivity contribution in [3.05, 3.63) is 11.8 Å². The Labute approximate surface area is 90.2 Å². The predicted molar refractivity (Wildman–Crippen MR) is 65.4 cm³/mol. The lowest BCUT2D eigenvalue weighted by Crippen LogP contribution is -2.20. The van der Waals surface area contributed by atoms with Gasteiger partial charge in [-0.2, -0.15) is 0 Å². The van der Waals surface area contributed by atoms with E-state index in [9.17, 15) is 0 Å². The number of allylic oxidation sites excluding steroid dienone is 1. The Morgan fingerprint density at radius 3 is 1.86 bits per heavy atom. The van der Waals surface area contributed by atoms with Crippen molar-refractivity contribution < 1.29 is 0 Å². The third-order valence-electron chi connectivity index (χ3n) is 2.56. The van der Waals surface area contributed by atoms with Gasteiger partial charge >= 0.3 is 0 Å². The lowest BCUT2D eigenvalue weighted by Gasteiger charge is -2.21. The first-order valence-corrected chi connectivity index (χ1v) is 6.15. The van der Waals surface area contributed by atoms with Gasteiger partial charge in [0.25, 0.3) is 0 Å². The molecule has 0 atom stereocenters. The summed E-state index contributed by atoms with van der Waals surface area (Å²) in [6.07, 6.45) is 8.75. The van der Waals surface area contributed by atoms with Crippen molar-refractivity contribution in [2.24, 2.45) is 0 Å². The van der Waals surface area contributed by atoms with Crippen LogP contribution in [0.2, 0.25) is 0 Å². The zero-order valence-electron chi connectivity index (χ0n) is 10.5. The molecule has 84 valence electrons. The van der Waals surface area contributed by atoms with E-state index >= 15 is 0 Å². The molecule has 0 radical (unpaired) electrons. The maximum absolute atomic E-state index is 2.49. The van der Waals surface area contributed by atoms with Crippen LogP contribution in [0.1, 0.15) is 59.8 Å². The number of nitrogens with zero attached hydrogens (tertiary/aromatic N) is 1. The van der Waals surface area contributed by atoms with Crippen molar-refractivity contribution in [1.82, 2.24) is 4.90 Å². The van der Waals surface area contributed by atoms with Crippen LogP contribution in [0.3, 0.4) is 0 Å². The van der Waals surface area contributed by atoms with E-state index in [1.54, 1.807) is 0 Å². The third kappa shape index (κ3) is 6.99. The summed E-state index contributed by atoms with van der Waals surface area (Å²) in [5.74, 6) is 0. The first kappa shape index (κ1) is 13.5. The van der Waals surface area contributed by atoms with Crippen molar-refractivity contribution >= 4 is 0 Å². The monoisotopic (exact) mass is 197 g/mol. The topological polar surface area (TPSA) is 3.24 Å². The normalized spacial score (nSPS) is 11.9. The number of rotatable bonds is 8. The maximum atomic E-state index is 2.49. The van der Waals surface area contributed by atoms with Crippen LogP contribution in [-0.2, 0) is 0 Å². The Morgan fingerprint density at radius 1 is 1.00 bits per heavy atom. The minimum absolute atomic E-state index is 1.18. The van der Waals surface area contributed by atoms with Crippen LogP contribution >= 0.6 is 0 Å². The van der Waals surface area contributed by atoms with Gasteiger partial charge in [-0.05, 0) is 32.4 Å². The number of hydrogen-bond donors (Lipinski definition) is 0. The van der Waals surface area contributed by atoms with Crippen LogP contribution in [-0.4, -0.2) is 18.0 Å². The molecule has 0 rings (SSSR count). The lowest BCUT2D eigenvalue weighted by molar-refractivity contribution is 0.357. The van der Waals surface area contributed by atoms with Crippen molar-refractivity contribution in [3.8, 4) is 0 Å². The minimum Gasteiger partial charge on any atom is -0.377 e. The molecule has 1 nitrogen and oxygen atoms in total. The fourth-order valence-electron chi connectivity index (χ4n) is 1.37. The van der Waals surface area contributed by atoms with E-state index in [1.165, 1.54) is 50.8 Å². The van der Waals surface area contributed by atoms with E-state index in [-0.39, 0.29) is 0 Å². The van der Waals surface area contributed by atoms with Crippen molar-refractivity contribution in [2.75, 3.05) is 13.1 Å². The second-order valence-electron chi connectivity index (χ2n) is 4.07. The first-order valence-electron chi connectivity index (χ1n) is 6.15. The molecule has 0 aliphatic heterocycles. The van der Waals surface area contributed by atoms with Gasteiger partial charge in [-0.1, -0.05) is 39.2 Å². The molecule has 1 heteroatoms. The van der Waals surface area contributed by atoms with E-state index in [1.807, 2.05) is 0 Å². The van der Waals surface area contributed by atoms with Crippen molar-refractivity contribution in [2.45, 2.75) is 59.8 Å². The van der Waals surface area contributed by atoms with E-state index in [4.69, 9.17) is 0 Å². The Kier molecular flexibility index (Phi) is 8.81. The average Bonchev–Trinajstić information content (AvgIpc) is 2.21. The summed E-state index contributed by atoms with van der Waals surface area (Å²) in [6, 6.07) is 0. The molecule has 0 spiro atoms. The smallest absolute Gasteiger partial charge is 0.0172 e. The Balaban J connectivity index is 3.95. The quantitative estimate of drug-likeness (QED) is 0.563. The Bertz CT molecular complexity index is 141. The maximum Gasteiger partial charge on any atom is 0.0172 e. The van der Waals surface area contributed by atoms with Gasteiger partial charge in [-0.3, -0.25) is 0 Å². The highest BCUT2D eigenvalue weighted by molar-refractivity contribution is 4.96. The highest BCUT2D eigenvalue weighted by Crippen LogP contribution is 2.05. The van der Waals surface area contributed by atoms with E-state index in [2.05, 4.69) is 38.8 Å². The van der Waals surface area contributed by atoms with Gasteiger partial charge in [0.1, 0.15) is 0 Å². The van der Waals surface area contributed by atoms with Crippen molar-refractivity contribution in [3.63, 3.8) is 0 Å². The lowest BCUT2D eigenvalue weighted by atomic mass is 10.2. The molecule has 0 aromatic heterocycles. The van der Waals surface area contributed by atoms with Crippen LogP contribution in [0.25, 0.3) is 0 Å². The fraction of sp³-hybridized carbons (Fsp3) is 0.846. The molecule has 0 aliphatic carbocycles. The first-order chi connectivity index (χ1) is 6.74. The van der Waals surface area contributed by atoms with Crippen LogP contribution in [0.4, 0.5) is 0 Å². The summed E-state index contributed by atoms with van der Waals surface area (Å²) in [7, 11) is 0. The third-order valence-corrected chi connectivity index (χ3v) is 2.56. The summed E-state index contributed by atoms with van der Waals surface area (Å²) in [6.45, 7) is 11.4. The number of hydrogen-bond acceptors (Lipinski definition) is 1. The zero-order valence-corrected chi connectivity index (χ0v) is 10.5. The largest absolute Gasteiger partial charge is 0.377 e. The summed E-state index contributed by atoms with van der Waals surface area (Å²) >= 11 is 0. The van der Waals surface area contributed by atoms with Crippen LogP contribution in [0.15, 0.2) is 11.8 Å². The SMILES string of the molecule is CCCCN(C=C(C)CC)CCCC. The molecule has 0 saturated heterocycles. The van der Waals surface area contributed by atoms with E-state index < -0.39 is 0 Å². The van der Waals surface area contributed by atoms with Crippen LogP contribution < -0.4 is 0 Å². The van der Waals surface area contributed by atoms with E-state index in [0.717, 1.165) is 0 Å². The fourth-order valence-corrected chi connectivity index (χ4v) is 1.37. The highest BCUT2D eigenvalue weighted by Gasteiger charge is 1.98. The van der Waals surface area contributed by atoms with Gasteiger partial charge in [0.15, 0.2) is 0 Å². The Hall–Kier alpha value is -0.460. The molecule has 14 heavy (non-hydrogen) atoms. The molecule has 0 aliphatic rings. The van der Waals surface area contributed by atoms with Gasteiger partial charge < -0.3 is 4.90 Å². The molecule has 0 saturated carbocycles. The van der Waals surface area contributed by atoms with E-state index in [0.29, 0.717) is 0 Å². The molecule has 0 fully saturated rings. The molecular formula is C13H27N. The molecule has 0 N–H and O–H groups in total. The van der Waals surface area contributed by atoms with Crippen LogP contribution in [0, 0.1) is 0 Å². The van der Waals surface area contributed by atoms with Gasteiger partial charge in [0.2, 0.25) is 0 Å². The standard InChI is InChI=1S/C13H27N/c1-5-8-10-14(11-9-6-2)12-13(4)7-3/h12H,5-11H2,1-4H3. The van der Waals surface area contributed by atoms with Crippen molar-refractivity contribution in [1.29, 1.82) is 0 Å². The second kappa shape index (κ2) is 9.11. The predicted octanol–water partition coefficient (Wildman–Crippen LogP) is 4.20. The van der Waals surface area contributed by atoms with Gasteiger partial charge in [0.05, 0.1) is 0 Å². The second-order valence-corrected chi connectivity index (χ2v) is 4.07. The zero-order chi connectivity index (χ0) is 10.8.